The van der Waals surface area contributed by atoms with Gasteiger partial charge >= 0.3 is 0 Å². The summed E-state index contributed by atoms with van der Waals surface area (Å²) in [7, 11) is 5.01. The number of rotatable bonds is 9. The Bertz CT molecular complexity index is 1000. The zero-order valence-corrected chi connectivity index (χ0v) is 17.7. The maximum Gasteiger partial charge on any atom is 0.223 e. The van der Waals surface area contributed by atoms with Gasteiger partial charge in [0.15, 0.2) is 0 Å². The van der Waals surface area contributed by atoms with E-state index in [1.807, 2.05) is 31.2 Å². The Kier molecular flexibility index (Phi) is 7.00. The van der Waals surface area contributed by atoms with E-state index in [2.05, 4.69) is 15.2 Å². The monoisotopic (exact) mass is 410 g/mol. The van der Waals surface area contributed by atoms with Crippen LogP contribution >= 0.6 is 0 Å². The lowest BCUT2D eigenvalue weighted by Gasteiger charge is -2.18. The van der Waals surface area contributed by atoms with Crippen LogP contribution in [-0.4, -0.2) is 47.3 Å². The van der Waals surface area contributed by atoms with Crippen LogP contribution in [0.25, 0.3) is 0 Å². The average Bonchev–Trinajstić information content (AvgIpc) is 3.20. The summed E-state index contributed by atoms with van der Waals surface area (Å²) in [5.74, 6) is 2.36. The Morgan fingerprint density at radius 1 is 1.10 bits per heavy atom. The number of amides is 1. The fourth-order valence-electron chi connectivity index (χ4n) is 3.07. The lowest BCUT2D eigenvalue weighted by molar-refractivity contribution is -0.130. The van der Waals surface area contributed by atoms with Gasteiger partial charge in [-0.1, -0.05) is 0 Å². The van der Waals surface area contributed by atoms with Gasteiger partial charge in [-0.05, 0) is 42.3 Å². The zero-order valence-electron chi connectivity index (χ0n) is 17.7. The minimum atomic E-state index is 0.0143. The third kappa shape index (κ3) is 5.34. The minimum absolute atomic E-state index is 0.0143. The maximum absolute atomic E-state index is 12.5. The summed E-state index contributed by atoms with van der Waals surface area (Å²) in [6, 6.07) is 7.47. The van der Waals surface area contributed by atoms with E-state index in [1.54, 1.807) is 38.6 Å². The van der Waals surface area contributed by atoms with Gasteiger partial charge in [0.2, 0.25) is 17.7 Å². The molecule has 0 saturated carbocycles. The fraction of sp³-hybridized carbons (Fsp3) is 0.364. The molecule has 0 unspecified atom stereocenters. The molecule has 2 aromatic heterocycles. The summed E-state index contributed by atoms with van der Waals surface area (Å²) in [6.07, 6.45) is 4.64. The number of pyridine rings is 1. The van der Waals surface area contributed by atoms with Gasteiger partial charge in [0.1, 0.15) is 11.5 Å². The van der Waals surface area contributed by atoms with Crippen LogP contribution in [0.5, 0.6) is 11.5 Å². The molecule has 0 bridgehead atoms. The highest BCUT2D eigenvalue weighted by Gasteiger charge is 2.15. The Morgan fingerprint density at radius 3 is 2.63 bits per heavy atom. The number of hydrogen-bond donors (Lipinski definition) is 0. The van der Waals surface area contributed by atoms with Gasteiger partial charge in [-0.2, -0.15) is 0 Å². The summed E-state index contributed by atoms with van der Waals surface area (Å²) in [6.45, 7) is 2.52. The van der Waals surface area contributed by atoms with E-state index in [-0.39, 0.29) is 5.91 Å². The lowest BCUT2D eigenvalue weighted by Crippen LogP contribution is -2.26. The van der Waals surface area contributed by atoms with Crippen molar-refractivity contribution in [2.24, 2.45) is 0 Å². The average molecular weight is 410 g/mol. The molecule has 0 radical (unpaired) electrons. The van der Waals surface area contributed by atoms with Gasteiger partial charge < -0.3 is 18.8 Å². The highest BCUT2D eigenvalue weighted by atomic mass is 16.5. The Morgan fingerprint density at radius 2 is 1.90 bits per heavy atom. The SMILES string of the molecule is COc1ccc(OC)c(Cc2nnc(CCC(=O)N(C)Cc3ccncc3C)o2)c1. The first-order valence-electron chi connectivity index (χ1n) is 9.65. The predicted octanol–water partition coefficient (Wildman–Crippen LogP) is 2.97. The normalized spacial score (nSPS) is 10.7. The van der Waals surface area contributed by atoms with E-state index in [1.165, 1.54) is 0 Å². The second-order valence-electron chi connectivity index (χ2n) is 7.00. The number of aryl methyl sites for hydroxylation is 2. The largest absolute Gasteiger partial charge is 0.497 e. The molecule has 0 fully saturated rings. The summed E-state index contributed by atoms with van der Waals surface area (Å²) < 4.78 is 16.4. The van der Waals surface area contributed by atoms with Crippen molar-refractivity contribution in [1.29, 1.82) is 0 Å². The van der Waals surface area contributed by atoms with E-state index in [0.717, 1.165) is 28.2 Å². The van der Waals surface area contributed by atoms with Gasteiger partial charge in [0.05, 0.1) is 20.6 Å². The van der Waals surface area contributed by atoms with Crippen molar-refractivity contribution in [3.63, 3.8) is 0 Å². The summed E-state index contributed by atoms with van der Waals surface area (Å²) in [5, 5.41) is 8.17. The molecule has 3 rings (SSSR count). The fourth-order valence-corrected chi connectivity index (χ4v) is 3.07. The summed E-state index contributed by atoms with van der Waals surface area (Å²) in [4.78, 5) is 18.2. The van der Waals surface area contributed by atoms with Gasteiger partial charge in [-0.15, -0.1) is 10.2 Å². The number of ether oxygens (including phenoxy) is 2. The molecule has 0 aliphatic carbocycles. The van der Waals surface area contributed by atoms with Crippen LogP contribution in [-0.2, 0) is 24.2 Å². The molecule has 0 atom stereocenters. The molecular formula is C22H26N4O4. The third-order valence-corrected chi connectivity index (χ3v) is 4.86. The van der Waals surface area contributed by atoms with Gasteiger partial charge in [-0.25, -0.2) is 0 Å². The molecule has 1 aromatic carbocycles. The molecule has 1 amide bonds. The van der Waals surface area contributed by atoms with E-state index in [0.29, 0.717) is 37.6 Å². The number of methoxy groups -OCH3 is 2. The van der Waals surface area contributed by atoms with Crippen LogP contribution in [0.2, 0.25) is 0 Å². The Balaban J connectivity index is 1.57. The second kappa shape index (κ2) is 9.87. The van der Waals surface area contributed by atoms with Crippen LogP contribution in [0.4, 0.5) is 0 Å². The van der Waals surface area contributed by atoms with Crippen molar-refractivity contribution in [3.05, 3.63) is 65.1 Å². The second-order valence-corrected chi connectivity index (χ2v) is 7.00. The predicted molar refractivity (Wildman–Crippen MR) is 110 cm³/mol. The number of hydrogen-bond acceptors (Lipinski definition) is 7. The number of nitrogens with zero attached hydrogens (tertiary/aromatic N) is 4. The van der Waals surface area contributed by atoms with Crippen LogP contribution < -0.4 is 9.47 Å². The molecule has 0 saturated heterocycles. The minimum Gasteiger partial charge on any atom is -0.497 e. The summed E-state index contributed by atoms with van der Waals surface area (Å²) in [5.41, 5.74) is 3.02. The first-order chi connectivity index (χ1) is 14.5. The number of carbonyl (C=O) groups excluding carboxylic acids is 1. The van der Waals surface area contributed by atoms with Crippen molar-refractivity contribution in [2.75, 3.05) is 21.3 Å². The molecular weight excluding hydrogens is 384 g/mol. The van der Waals surface area contributed by atoms with E-state index in [4.69, 9.17) is 13.9 Å². The molecule has 0 aliphatic rings. The van der Waals surface area contributed by atoms with Crippen molar-refractivity contribution >= 4 is 5.91 Å². The van der Waals surface area contributed by atoms with E-state index >= 15 is 0 Å². The molecule has 0 aliphatic heterocycles. The van der Waals surface area contributed by atoms with Gasteiger partial charge in [-0.3, -0.25) is 9.78 Å². The van der Waals surface area contributed by atoms with Crippen LogP contribution in [0.1, 0.15) is 34.9 Å². The van der Waals surface area contributed by atoms with Crippen LogP contribution in [0, 0.1) is 6.92 Å². The molecule has 30 heavy (non-hydrogen) atoms. The smallest absolute Gasteiger partial charge is 0.223 e. The maximum atomic E-state index is 12.5. The molecule has 158 valence electrons. The standard InChI is InChI=1S/C22H26N4O4/c1-15-13-23-10-9-16(15)14-26(2)22(27)8-7-20-24-25-21(30-20)12-17-11-18(28-3)5-6-19(17)29-4/h5-6,9-11,13H,7-8,12,14H2,1-4H3. The van der Waals surface area contributed by atoms with Crippen LogP contribution in [0.3, 0.4) is 0 Å². The Labute approximate surface area is 175 Å². The van der Waals surface area contributed by atoms with Gasteiger partial charge in [0, 0.05) is 44.4 Å². The first kappa shape index (κ1) is 21.3. The number of carbonyl (C=O) groups is 1. The molecule has 0 spiro atoms. The number of aromatic nitrogens is 3. The van der Waals surface area contributed by atoms with Crippen LogP contribution in [0.15, 0.2) is 41.1 Å². The van der Waals surface area contributed by atoms with Crippen molar-refractivity contribution < 1.29 is 18.7 Å². The molecule has 8 heteroatoms. The van der Waals surface area contributed by atoms with Crippen molar-refractivity contribution in [3.8, 4) is 11.5 Å². The van der Waals surface area contributed by atoms with E-state index < -0.39 is 0 Å². The highest BCUT2D eigenvalue weighted by Crippen LogP contribution is 2.26. The lowest BCUT2D eigenvalue weighted by atomic mass is 10.1. The third-order valence-electron chi connectivity index (χ3n) is 4.86. The van der Waals surface area contributed by atoms with Gasteiger partial charge in [0.25, 0.3) is 0 Å². The summed E-state index contributed by atoms with van der Waals surface area (Å²) >= 11 is 0. The molecule has 0 N–H and O–H groups in total. The molecule has 8 nitrogen and oxygen atoms in total. The Hall–Kier alpha value is -3.42. The van der Waals surface area contributed by atoms with Crippen molar-refractivity contribution in [2.45, 2.75) is 32.7 Å². The van der Waals surface area contributed by atoms with E-state index in [9.17, 15) is 4.79 Å². The topological polar surface area (TPSA) is 90.6 Å². The van der Waals surface area contributed by atoms with Crippen molar-refractivity contribution in [1.82, 2.24) is 20.1 Å². The first-order valence-corrected chi connectivity index (χ1v) is 9.65. The molecule has 2 heterocycles. The quantitative estimate of drug-likeness (QED) is 0.536. The zero-order chi connectivity index (χ0) is 21.5. The highest BCUT2D eigenvalue weighted by molar-refractivity contribution is 5.76. The number of benzene rings is 1. The molecule has 3 aromatic rings.